The largest absolute Gasteiger partial charge is 0.378 e. The first-order valence-electron chi connectivity index (χ1n) is 6.63. The number of amides is 1. The van der Waals surface area contributed by atoms with E-state index >= 15 is 0 Å². The summed E-state index contributed by atoms with van der Waals surface area (Å²) in [6, 6.07) is 1.77. The van der Waals surface area contributed by atoms with E-state index in [0.29, 0.717) is 31.9 Å². The number of ether oxygens (including phenoxy) is 1. The predicted molar refractivity (Wildman–Crippen MR) is 71.0 cm³/mol. The van der Waals surface area contributed by atoms with Crippen LogP contribution in [0.15, 0.2) is 18.5 Å². The monoisotopic (exact) mass is 264 g/mol. The van der Waals surface area contributed by atoms with Gasteiger partial charge in [0.2, 0.25) is 5.91 Å². The second-order valence-electron chi connectivity index (χ2n) is 5.08. The number of nitrogens with zero attached hydrogens (tertiary/aromatic N) is 2. The van der Waals surface area contributed by atoms with Crippen molar-refractivity contribution in [1.29, 1.82) is 0 Å². The maximum Gasteiger partial charge on any atom is 0.242 e. The lowest BCUT2D eigenvalue weighted by Gasteiger charge is -2.26. The normalized spacial score (nSPS) is 15.8. The zero-order valence-electron chi connectivity index (χ0n) is 11.5. The fraction of sp³-hybridized carbons (Fsp3) is 0.571. The second kappa shape index (κ2) is 6.02. The first-order chi connectivity index (χ1) is 9.08. The molecule has 19 heavy (non-hydrogen) atoms. The zero-order chi connectivity index (χ0) is 13.8. The number of Topliss-reactive ketones (excluding diaryl/α,β-unsaturated/α-hetero) is 1. The van der Waals surface area contributed by atoms with Gasteiger partial charge in [0.05, 0.1) is 13.2 Å². The number of hydrogen-bond donors (Lipinski definition) is 0. The molecule has 2 heterocycles. The quantitative estimate of drug-likeness (QED) is 0.767. The summed E-state index contributed by atoms with van der Waals surface area (Å²) >= 11 is 0. The highest BCUT2D eigenvalue weighted by Gasteiger charge is 2.18. The highest BCUT2D eigenvalue weighted by atomic mass is 16.5. The lowest BCUT2D eigenvalue weighted by molar-refractivity contribution is -0.135. The van der Waals surface area contributed by atoms with Crippen LogP contribution in [0.4, 0.5) is 0 Å². The molecule has 0 radical (unpaired) electrons. The Labute approximate surface area is 113 Å². The van der Waals surface area contributed by atoms with Gasteiger partial charge in [0.1, 0.15) is 6.54 Å². The molecule has 1 amide bonds. The van der Waals surface area contributed by atoms with Crippen LogP contribution in [0.2, 0.25) is 0 Å². The number of rotatable bonds is 4. The maximum atomic E-state index is 12.0. The minimum atomic E-state index is -0.0224. The number of morpholine rings is 1. The number of carbonyl (C=O) groups excluding carboxylic acids is 2. The molecule has 1 fully saturated rings. The fourth-order valence-corrected chi connectivity index (χ4v) is 2.09. The third-order valence-electron chi connectivity index (χ3n) is 3.24. The van der Waals surface area contributed by atoms with E-state index < -0.39 is 0 Å². The first kappa shape index (κ1) is 13.8. The summed E-state index contributed by atoms with van der Waals surface area (Å²) in [7, 11) is 0. The Morgan fingerprint density at radius 3 is 2.63 bits per heavy atom. The summed E-state index contributed by atoms with van der Waals surface area (Å²) in [4.78, 5) is 25.7. The molecule has 2 rings (SSSR count). The Balaban J connectivity index is 1.95. The van der Waals surface area contributed by atoms with Crippen molar-refractivity contribution >= 4 is 11.7 Å². The van der Waals surface area contributed by atoms with Gasteiger partial charge in [-0.1, -0.05) is 13.8 Å². The van der Waals surface area contributed by atoms with Crippen LogP contribution < -0.4 is 0 Å². The van der Waals surface area contributed by atoms with E-state index in [2.05, 4.69) is 0 Å². The lowest BCUT2D eigenvalue weighted by atomic mass is 10.0. The van der Waals surface area contributed by atoms with Gasteiger partial charge in [0, 0.05) is 37.0 Å². The minimum Gasteiger partial charge on any atom is -0.378 e. The fourth-order valence-electron chi connectivity index (χ4n) is 2.09. The van der Waals surface area contributed by atoms with Crippen LogP contribution in [0.25, 0.3) is 0 Å². The van der Waals surface area contributed by atoms with Crippen LogP contribution in [-0.4, -0.2) is 47.5 Å². The van der Waals surface area contributed by atoms with Crippen molar-refractivity contribution in [2.45, 2.75) is 20.4 Å². The van der Waals surface area contributed by atoms with Gasteiger partial charge in [-0.05, 0) is 6.07 Å². The molecule has 1 aliphatic heterocycles. The molecule has 1 saturated heterocycles. The molecule has 0 atom stereocenters. The van der Waals surface area contributed by atoms with Crippen molar-refractivity contribution in [3.05, 3.63) is 24.0 Å². The molecule has 5 nitrogen and oxygen atoms in total. The van der Waals surface area contributed by atoms with E-state index in [4.69, 9.17) is 4.74 Å². The average Bonchev–Trinajstić information content (AvgIpc) is 2.87. The summed E-state index contributed by atoms with van der Waals surface area (Å²) in [6.45, 7) is 6.54. The smallest absolute Gasteiger partial charge is 0.242 e. The van der Waals surface area contributed by atoms with Crippen LogP contribution >= 0.6 is 0 Å². The summed E-state index contributed by atoms with van der Waals surface area (Å²) < 4.78 is 6.99. The molecule has 5 heteroatoms. The predicted octanol–water partition coefficient (Wildman–Crippen LogP) is 1.19. The molecule has 1 aromatic heterocycles. The van der Waals surface area contributed by atoms with Crippen LogP contribution in [0, 0.1) is 5.92 Å². The van der Waals surface area contributed by atoms with E-state index in [-0.39, 0.29) is 24.2 Å². The van der Waals surface area contributed by atoms with Gasteiger partial charge in [0.15, 0.2) is 5.78 Å². The number of aromatic nitrogens is 1. The maximum absolute atomic E-state index is 12.0. The Hall–Kier alpha value is -1.62. The molecular formula is C14H20N2O3. The Kier molecular flexibility index (Phi) is 4.37. The molecule has 0 bridgehead atoms. The van der Waals surface area contributed by atoms with E-state index in [1.807, 2.05) is 13.8 Å². The van der Waals surface area contributed by atoms with Crippen LogP contribution in [0.3, 0.4) is 0 Å². The van der Waals surface area contributed by atoms with Gasteiger partial charge in [-0.25, -0.2) is 0 Å². The van der Waals surface area contributed by atoms with Crippen LogP contribution in [-0.2, 0) is 16.1 Å². The third kappa shape index (κ3) is 3.44. The average molecular weight is 264 g/mol. The zero-order valence-corrected chi connectivity index (χ0v) is 11.5. The SMILES string of the molecule is CC(C)C(=O)c1ccn(CC(=O)N2CCOCC2)c1. The van der Waals surface area contributed by atoms with Gasteiger partial charge in [-0.15, -0.1) is 0 Å². The van der Waals surface area contributed by atoms with E-state index in [1.54, 1.807) is 27.9 Å². The van der Waals surface area contributed by atoms with Crippen molar-refractivity contribution < 1.29 is 14.3 Å². The highest BCUT2D eigenvalue weighted by molar-refractivity contribution is 5.97. The van der Waals surface area contributed by atoms with Gasteiger partial charge >= 0.3 is 0 Å². The molecule has 0 unspecified atom stereocenters. The first-order valence-corrected chi connectivity index (χ1v) is 6.63. The van der Waals surface area contributed by atoms with Gasteiger partial charge in [0.25, 0.3) is 0 Å². The van der Waals surface area contributed by atoms with Crippen molar-refractivity contribution in [1.82, 2.24) is 9.47 Å². The van der Waals surface area contributed by atoms with Crippen LogP contribution in [0.1, 0.15) is 24.2 Å². The molecule has 104 valence electrons. The summed E-state index contributed by atoms with van der Waals surface area (Å²) in [5.41, 5.74) is 0.671. The number of ketones is 1. The van der Waals surface area contributed by atoms with Gasteiger partial charge in [-0.2, -0.15) is 0 Å². The summed E-state index contributed by atoms with van der Waals surface area (Å²) in [5, 5.41) is 0. The van der Waals surface area contributed by atoms with Crippen molar-refractivity contribution in [2.24, 2.45) is 5.92 Å². The standard InChI is InChI=1S/C14H20N2O3/c1-11(2)14(18)12-3-4-15(9-12)10-13(17)16-5-7-19-8-6-16/h3-4,9,11H,5-8,10H2,1-2H3. The van der Waals surface area contributed by atoms with E-state index in [0.717, 1.165) is 0 Å². The van der Waals surface area contributed by atoms with E-state index in [9.17, 15) is 9.59 Å². The van der Waals surface area contributed by atoms with Crippen molar-refractivity contribution in [3.8, 4) is 0 Å². The molecule has 0 spiro atoms. The second-order valence-corrected chi connectivity index (χ2v) is 5.08. The van der Waals surface area contributed by atoms with Gasteiger partial charge < -0.3 is 14.2 Å². The Morgan fingerprint density at radius 1 is 1.32 bits per heavy atom. The Morgan fingerprint density at radius 2 is 2.00 bits per heavy atom. The Bertz CT molecular complexity index is 459. The van der Waals surface area contributed by atoms with E-state index in [1.165, 1.54) is 0 Å². The molecule has 0 aromatic carbocycles. The molecule has 1 aromatic rings. The van der Waals surface area contributed by atoms with Gasteiger partial charge in [-0.3, -0.25) is 9.59 Å². The third-order valence-corrected chi connectivity index (χ3v) is 3.24. The van der Waals surface area contributed by atoms with Crippen LogP contribution in [0.5, 0.6) is 0 Å². The molecule has 0 saturated carbocycles. The molecule has 0 N–H and O–H groups in total. The molecule has 0 aliphatic carbocycles. The summed E-state index contributed by atoms with van der Waals surface area (Å²) in [6.07, 6.45) is 3.54. The summed E-state index contributed by atoms with van der Waals surface area (Å²) in [5.74, 6) is 0.158. The highest BCUT2D eigenvalue weighted by Crippen LogP contribution is 2.09. The lowest BCUT2D eigenvalue weighted by Crippen LogP contribution is -2.42. The molecule has 1 aliphatic rings. The number of hydrogen-bond acceptors (Lipinski definition) is 3. The van der Waals surface area contributed by atoms with Crippen molar-refractivity contribution in [2.75, 3.05) is 26.3 Å². The molecular weight excluding hydrogens is 244 g/mol. The topological polar surface area (TPSA) is 51.5 Å². The minimum absolute atomic E-state index is 0.0224. The van der Waals surface area contributed by atoms with Crippen molar-refractivity contribution in [3.63, 3.8) is 0 Å². The number of carbonyl (C=O) groups is 2.